The van der Waals surface area contributed by atoms with Crippen molar-refractivity contribution in [2.75, 3.05) is 32.7 Å². The van der Waals surface area contributed by atoms with Gasteiger partial charge in [0.15, 0.2) is 0 Å². The third-order valence-electron chi connectivity index (χ3n) is 5.49. The fraction of sp³-hybridized carbons (Fsp3) is 0.600. The Labute approximate surface area is 155 Å². The number of likely N-dealkylation sites (tertiary alicyclic amines) is 1. The summed E-state index contributed by atoms with van der Waals surface area (Å²) in [6.45, 7) is 5.12. The molecule has 1 aromatic rings. The molecule has 6 nitrogen and oxygen atoms in total. The Morgan fingerprint density at radius 3 is 2.69 bits per heavy atom. The molecule has 0 aliphatic carbocycles. The Hall–Kier alpha value is -1.92. The van der Waals surface area contributed by atoms with Crippen molar-refractivity contribution in [1.29, 1.82) is 0 Å². The minimum absolute atomic E-state index is 0.0384. The Morgan fingerprint density at radius 2 is 1.92 bits per heavy atom. The normalized spacial score (nSPS) is 23.8. The van der Waals surface area contributed by atoms with Crippen molar-refractivity contribution in [3.8, 4) is 0 Å². The van der Waals surface area contributed by atoms with Crippen LogP contribution in [0.5, 0.6) is 0 Å². The van der Waals surface area contributed by atoms with Crippen molar-refractivity contribution < 1.29 is 14.7 Å². The van der Waals surface area contributed by atoms with Crippen molar-refractivity contribution in [1.82, 2.24) is 15.1 Å². The van der Waals surface area contributed by atoms with Crippen LogP contribution in [-0.2, 0) is 22.6 Å². The number of nitrogens with one attached hydrogen (secondary N) is 1. The second-order valence-corrected chi connectivity index (χ2v) is 7.60. The van der Waals surface area contributed by atoms with Gasteiger partial charge in [0, 0.05) is 39.6 Å². The molecule has 1 aromatic carbocycles. The molecule has 2 N–H and O–H groups in total. The molecular formula is C20H29N3O3. The molecule has 0 aromatic heterocycles. The molecule has 2 aliphatic rings. The maximum atomic E-state index is 12.2. The lowest BCUT2D eigenvalue weighted by Gasteiger charge is -2.36. The van der Waals surface area contributed by atoms with Crippen LogP contribution in [0.15, 0.2) is 24.3 Å². The van der Waals surface area contributed by atoms with Gasteiger partial charge in [0.2, 0.25) is 11.8 Å². The van der Waals surface area contributed by atoms with Gasteiger partial charge in [-0.1, -0.05) is 24.3 Å². The van der Waals surface area contributed by atoms with Crippen molar-refractivity contribution in [2.24, 2.45) is 0 Å². The van der Waals surface area contributed by atoms with Gasteiger partial charge in [0.25, 0.3) is 0 Å². The minimum Gasteiger partial charge on any atom is -0.388 e. The number of β-amino-alcohol motifs (C(OH)–C–C–N with tert-alkyl or cyclic N) is 1. The lowest BCUT2D eigenvalue weighted by Crippen LogP contribution is -2.46. The van der Waals surface area contributed by atoms with E-state index in [-0.39, 0.29) is 18.4 Å². The topological polar surface area (TPSA) is 72.9 Å². The monoisotopic (exact) mass is 359 g/mol. The van der Waals surface area contributed by atoms with Crippen molar-refractivity contribution in [2.45, 2.75) is 44.8 Å². The van der Waals surface area contributed by atoms with Crippen LogP contribution in [0.1, 0.15) is 37.3 Å². The molecule has 142 valence electrons. The third-order valence-corrected chi connectivity index (χ3v) is 5.49. The van der Waals surface area contributed by atoms with E-state index in [1.165, 1.54) is 18.1 Å². The minimum atomic E-state index is -0.755. The summed E-state index contributed by atoms with van der Waals surface area (Å²) in [5.74, 6) is -0.272. The summed E-state index contributed by atoms with van der Waals surface area (Å²) in [6, 6.07) is 8.51. The summed E-state index contributed by atoms with van der Waals surface area (Å²) in [6.07, 6.45) is 3.09. The van der Waals surface area contributed by atoms with Gasteiger partial charge in [-0.25, -0.2) is 0 Å². The van der Waals surface area contributed by atoms with Crippen LogP contribution in [0.25, 0.3) is 0 Å². The predicted molar refractivity (Wildman–Crippen MR) is 99.5 cm³/mol. The first-order chi connectivity index (χ1) is 12.5. The van der Waals surface area contributed by atoms with E-state index < -0.39 is 5.60 Å². The largest absolute Gasteiger partial charge is 0.388 e. The zero-order valence-corrected chi connectivity index (χ0v) is 15.5. The Balaban J connectivity index is 1.54. The molecule has 0 radical (unpaired) electrons. The molecule has 26 heavy (non-hydrogen) atoms. The molecule has 1 fully saturated rings. The highest BCUT2D eigenvalue weighted by Crippen LogP contribution is 2.26. The smallest absolute Gasteiger partial charge is 0.241 e. The van der Waals surface area contributed by atoms with Crippen molar-refractivity contribution >= 4 is 11.8 Å². The number of carbonyl (C=O) groups is 2. The quantitative estimate of drug-likeness (QED) is 0.839. The van der Waals surface area contributed by atoms with Crippen molar-refractivity contribution in [3.05, 3.63) is 35.4 Å². The summed E-state index contributed by atoms with van der Waals surface area (Å²) in [5.41, 5.74) is 2.00. The highest BCUT2D eigenvalue weighted by atomic mass is 16.3. The second-order valence-electron chi connectivity index (χ2n) is 7.60. The van der Waals surface area contributed by atoms with Gasteiger partial charge < -0.3 is 15.3 Å². The van der Waals surface area contributed by atoms with Gasteiger partial charge in [-0.15, -0.1) is 0 Å². The molecule has 0 bridgehead atoms. The molecule has 0 spiro atoms. The standard InChI is InChI=1S/C20H29N3O3/c1-16(24)21-13-19(25)23-10-4-8-20(26,9-12-23)15-22-11-7-17-5-2-3-6-18(17)14-22/h2-3,5-6,26H,4,7-15H2,1H3,(H,21,24)/t20-/m1/s1. The van der Waals surface area contributed by atoms with Gasteiger partial charge in [-0.3, -0.25) is 14.5 Å². The zero-order chi connectivity index (χ0) is 18.6. The lowest BCUT2D eigenvalue weighted by molar-refractivity contribution is -0.132. The third kappa shape index (κ3) is 4.83. The SMILES string of the molecule is CC(=O)NCC(=O)N1CCC[C@](O)(CN2CCc3ccccc3C2)CC1. The summed E-state index contributed by atoms with van der Waals surface area (Å²) in [5, 5.41) is 13.7. The maximum Gasteiger partial charge on any atom is 0.241 e. The molecule has 0 saturated carbocycles. The molecule has 2 aliphatic heterocycles. The van der Waals surface area contributed by atoms with Crippen LogP contribution in [0.2, 0.25) is 0 Å². The summed E-state index contributed by atoms with van der Waals surface area (Å²) < 4.78 is 0. The van der Waals surface area contributed by atoms with Gasteiger partial charge in [0.05, 0.1) is 12.1 Å². The van der Waals surface area contributed by atoms with Gasteiger partial charge in [-0.05, 0) is 36.8 Å². The fourth-order valence-corrected chi connectivity index (χ4v) is 4.00. The molecule has 1 saturated heterocycles. The van der Waals surface area contributed by atoms with E-state index >= 15 is 0 Å². The molecule has 0 unspecified atom stereocenters. The van der Waals surface area contributed by atoms with Crippen molar-refractivity contribution in [3.63, 3.8) is 0 Å². The first kappa shape index (κ1) is 18.9. The maximum absolute atomic E-state index is 12.2. The van der Waals surface area contributed by atoms with E-state index in [0.717, 1.165) is 25.9 Å². The number of hydrogen-bond acceptors (Lipinski definition) is 4. The highest BCUT2D eigenvalue weighted by Gasteiger charge is 2.34. The van der Waals surface area contributed by atoms with Gasteiger partial charge >= 0.3 is 0 Å². The molecule has 2 heterocycles. The Kier molecular flexibility index (Phi) is 5.94. The van der Waals surface area contributed by atoms with Crippen LogP contribution in [0.4, 0.5) is 0 Å². The number of nitrogens with zero attached hydrogens (tertiary/aromatic N) is 2. The molecule has 3 rings (SSSR count). The average Bonchev–Trinajstić information content (AvgIpc) is 2.81. The van der Waals surface area contributed by atoms with Crippen LogP contribution in [-0.4, -0.2) is 65.0 Å². The van der Waals surface area contributed by atoms with E-state index in [2.05, 4.69) is 34.5 Å². The summed E-state index contributed by atoms with van der Waals surface area (Å²) in [7, 11) is 0. The van der Waals surface area contributed by atoms with E-state index in [1.54, 1.807) is 4.90 Å². The number of aliphatic hydroxyl groups is 1. The first-order valence-corrected chi connectivity index (χ1v) is 9.49. The number of benzene rings is 1. The number of fused-ring (bicyclic) bond motifs is 1. The summed E-state index contributed by atoms with van der Waals surface area (Å²) >= 11 is 0. The predicted octanol–water partition coefficient (Wildman–Crippen LogP) is 0.924. The second kappa shape index (κ2) is 8.18. The fourth-order valence-electron chi connectivity index (χ4n) is 4.00. The van der Waals surface area contributed by atoms with E-state index in [0.29, 0.717) is 32.5 Å². The first-order valence-electron chi connectivity index (χ1n) is 9.49. The Bertz CT molecular complexity index is 663. The molecule has 6 heteroatoms. The van der Waals surface area contributed by atoms with Crippen LogP contribution in [0.3, 0.4) is 0 Å². The van der Waals surface area contributed by atoms with Crippen LogP contribution < -0.4 is 5.32 Å². The lowest BCUT2D eigenvalue weighted by atomic mass is 9.92. The molecule has 2 amide bonds. The van der Waals surface area contributed by atoms with Crippen LogP contribution >= 0.6 is 0 Å². The van der Waals surface area contributed by atoms with E-state index in [1.807, 2.05) is 0 Å². The van der Waals surface area contributed by atoms with Gasteiger partial charge in [0.1, 0.15) is 0 Å². The van der Waals surface area contributed by atoms with E-state index in [4.69, 9.17) is 0 Å². The number of rotatable bonds is 4. The summed E-state index contributed by atoms with van der Waals surface area (Å²) in [4.78, 5) is 27.3. The average molecular weight is 359 g/mol. The highest BCUT2D eigenvalue weighted by molar-refractivity contribution is 5.83. The Morgan fingerprint density at radius 1 is 1.15 bits per heavy atom. The van der Waals surface area contributed by atoms with E-state index in [9.17, 15) is 14.7 Å². The number of amides is 2. The van der Waals surface area contributed by atoms with Gasteiger partial charge in [-0.2, -0.15) is 0 Å². The molecule has 1 atom stereocenters. The molecular weight excluding hydrogens is 330 g/mol. The zero-order valence-electron chi connectivity index (χ0n) is 15.5. The number of carbonyl (C=O) groups excluding carboxylic acids is 2. The van der Waals surface area contributed by atoms with Crippen LogP contribution in [0, 0.1) is 0 Å². The number of hydrogen-bond donors (Lipinski definition) is 2.